The summed E-state index contributed by atoms with van der Waals surface area (Å²) >= 11 is 0. The van der Waals surface area contributed by atoms with Crippen LogP contribution in [0.3, 0.4) is 0 Å². The lowest BCUT2D eigenvalue weighted by Crippen LogP contribution is -2.45. The first-order valence-electron chi connectivity index (χ1n) is 33.1. The molecule has 0 spiro atoms. The Labute approximate surface area is 456 Å². The van der Waals surface area contributed by atoms with Gasteiger partial charge in [0, 0.05) is 12.8 Å². The Kier molecular flexibility index (Phi) is 61.4. The van der Waals surface area contributed by atoms with Crippen molar-refractivity contribution in [2.45, 2.75) is 379 Å². The normalized spacial score (nSPS) is 12.7. The second-order valence-corrected chi connectivity index (χ2v) is 22.8. The number of hydrogen-bond acceptors (Lipinski definition) is 5. The van der Waals surface area contributed by atoms with Gasteiger partial charge in [0.25, 0.3) is 0 Å². The van der Waals surface area contributed by atoms with E-state index in [4.69, 9.17) is 4.74 Å². The zero-order chi connectivity index (χ0) is 52.9. The molecule has 2 atom stereocenters. The number of rotatable bonds is 62. The molecule has 0 aromatic heterocycles. The van der Waals surface area contributed by atoms with Crippen molar-refractivity contribution < 1.29 is 24.5 Å². The molecule has 432 valence electrons. The quantitative estimate of drug-likeness (QED) is 0.0320. The number of esters is 1. The molecule has 0 aromatic rings. The van der Waals surface area contributed by atoms with Crippen molar-refractivity contribution in [2.75, 3.05) is 13.2 Å². The van der Waals surface area contributed by atoms with E-state index in [9.17, 15) is 19.8 Å². The van der Waals surface area contributed by atoms with Crippen LogP contribution < -0.4 is 5.32 Å². The van der Waals surface area contributed by atoms with Gasteiger partial charge in [-0.3, -0.25) is 9.59 Å². The van der Waals surface area contributed by atoms with Crippen LogP contribution in [0.4, 0.5) is 0 Å². The Balaban J connectivity index is 3.32. The van der Waals surface area contributed by atoms with Crippen LogP contribution in [0, 0.1) is 0 Å². The second kappa shape index (κ2) is 62.9. The highest BCUT2D eigenvalue weighted by Crippen LogP contribution is 2.18. The van der Waals surface area contributed by atoms with Crippen LogP contribution in [0.2, 0.25) is 0 Å². The number of nitrogens with one attached hydrogen (secondary N) is 1. The van der Waals surface area contributed by atoms with Gasteiger partial charge in [0.05, 0.1) is 25.4 Å². The average Bonchev–Trinajstić information content (AvgIpc) is 3.39. The maximum Gasteiger partial charge on any atom is 0.305 e. The van der Waals surface area contributed by atoms with Gasteiger partial charge in [-0.2, -0.15) is 0 Å². The van der Waals surface area contributed by atoms with Crippen molar-refractivity contribution in [3.05, 3.63) is 24.3 Å². The Hall–Kier alpha value is -1.66. The molecule has 0 aliphatic carbocycles. The Morgan fingerprint density at radius 1 is 0.370 bits per heavy atom. The summed E-state index contributed by atoms with van der Waals surface area (Å²) in [5.41, 5.74) is 0. The van der Waals surface area contributed by atoms with E-state index in [1.165, 1.54) is 302 Å². The first kappa shape index (κ1) is 71.3. The van der Waals surface area contributed by atoms with Gasteiger partial charge in [-0.15, -0.1) is 0 Å². The van der Waals surface area contributed by atoms with Gasteiger partial charge in [-0.1, -0.05) is 321 Å². The minimum absolute atomic E-state index is 0.0212. The van der Waals surface area contributed by atoms with E-state index in [1.54, 1.807) is 6.08 Å². The Bertz CT molecular complexity index is 1140. The van der Waals surface area contributed by atoms with Crippen LogP contribution in [0.15, 0.2) is 24.3 Å². The van der Waals surface area contributed by atoms with Crippen molar-refractivity contribution in [3.8, 4) is 0 Å². The lowest BCUT2D eigenvalue weighted by Gasteiger charge is -2.20. The van der Waals surface area contributed by atoms with Crippen LogP contribution in [-0.4, -0.2) is 47.4 Å². The molecule has 0 saturated heterocycles. The number of aliphatic hydroxyl groups is 2. The molecular formula is C67H129NO5. The summed E-state index contributed by atoms with van der Waals surface area (Å²) in [5, 5.41) is 23.0. The molecule has 0 aliphatic rings. The smallest absolute Gasteiger partial charge is 0.305 e. The van der Waals surface area contributed by atoms with Crippen LogP contribution in [0.1, 0.15) is 367 Å². The van der Waals surface area contributed by atoms with E-state index in [0.29, 0.717) is 19.4 Å². The summed E-state index contributed by atoms with van der Waals surface area (Å²) in [6, 6.07) is -0.623. The van der Waals surface area contributed by atoms with Crippen LogP contribution in [0.5, 0.6) is 0 Å². The number of amides is 1. The molecule has 0 saturated carbocycles. The Morgan fingerprint density at radius 2 is 0.644 bits per heavy atom. The molecule has 0 aliphatic heterocycles. The molecule has 0 bridgehead atoms. The zero-order valence-electron chi connectivity index (χ0n) is 49.4. The molecule has 0 radical (unpaired) electrons. The molecule has 73 heavy (non-hydrogen) atoms. The van der Waals surface area contributed by atoms with Crippen LogP contribution >= 0.6 is 0 Å². The van der Waals surface area contributed by atoms with Crippen molar-refractivity contribution in [3.63, 3.8) is 0 Å². The molecule has 0 heterocycles. The van der Waals surface area contributed by atoms with Crippen molar-refractivity contribution >= 4 is 11.9 Å². The third kappa shape index (κ3) is 59.4. The lowest BCUT2D eigenvalue weighted by atomic mass is 10.0. The largest absolute Gasteiger partial charge is 0.466 e. The van der Waals surface area contributed by atoms with Gasteiger partial charge < -0.3 is 20.3 Å². The number of carbonyl (C=O) groups is 2. The summed E-state index contributed by atoms with van der Waals surface area (Å²) in [4.78, 5) is 24.5. The molecule has 0 aromatic carbocycles. The van der Waals surface area contributed by atoms with Gasteiger partial charge in [0.15, 0.2) is 0 Å². The predicted molar refractivity (Wildman–Crippen MR) is 320 cm³/mol. The van der Waals surface area contributed by atoms with Gasteiger partial charge in [0.2, 0.25) is 5.91 Å². The van der Waals surface area contributed by atoms with E-state index in [1.807, 2.05) is 6.08 Å². The summed E-state index contributed by atoms with van der Waals surface area (Å²) in [7, 11) is 0. The standard InChI is InChI=1S/C67H129NO5/c1-3-5-7-9-11-13-14-15-16-35-38-41-45-49-53-57-61-67(72)73-62-58-54-50-46-42-39-36-33-31-29-27-25-23-21-19-17-18-20-22-24-26-28-30-32-34-37-40-44-48-52-56-60-66(71)68-64(63-69)65(70)59-55-51-47-43-12-10-8-6-4-2/h19,21,55,59,64-65,69-70H,3-18,20,22-54,56-58,60-63H2,1-2H3,(H,68,71)/b21-19-,59-55+. The third-order valence-corrected chi connectivity index (χ3v) is 15.5. The lowest BCUT2D eigenvalue weighted by molar-refractivity contribution is -0.143. The molecule has 1 amide bonds. The van der Waals surface area contributed by atoms with Crippen molar-refractivity contribution in [1.82, 2.24) is 5.32 Å². The van der Waals surface area contributed by atoms with Crippen LogP contribution in [-0.2, 0) is 14.3 Å². The summed E-state index contributed by atoms with van der Waals surface area (Å²) < 4.78 is 5.50. The van der Waals surface area contributed by atoms with Crippen molar-refractivity contribution in [1.29, 1.82) is 0 Å². The average molecular weight is 1030 g/mol. The van der Waals surface area contributed by atoms with Crippen LogP contribution in [0.25, 0.3) is 0 Å². The number of unbranched alkanes of at least 4 members (excludes halogenated alkanes) is 49. The first-order chi connectivity index (χ1) is 36.0. The number of allylic oxidation sites excluding steroid dienone is 3. The van der Waals surface area contributed by atoms with Crippen molar-refractivity contribution in [2.24, 2.45) is 0 Å². The molecule has 0 fully saturated rings. The highest BCUT2D eigenvalue weighted by Gasteiger charge is 2.18. The monoisotopic (exact) mass is 1030 g/mol. The summed E-state index contributed by atoms with van der Waals surface area (Å²) in [6.45, 7) is 4.90. The van der Waals surface area contributed by atoms with E-state index in [-0.39, 0.29) is 18.5 Å². The molecule has 6 heteroatoms. The number of hydrogen-bond donors (Lipinski definition) is 3. The van der Waals surface area contributed by atoms with E-state index >= 15 is 0 Å². The minimum Gasteiger partial charge on any atom is -0.466 e. The maximum absolute atomic E-state index is 12.4. The SMILES string of the molecule is CCCCCCCCC/C=C/C(O)C(CO)NC(=O)CCCCCCCCCCCCCCCCC/C=C\CCCCCCCCCCCCCCOC(=O)CCCCCCCCCCCCCCCCCC. The highest BCUT2D eigenvalue weighted by molar-refractivity contribution is 5.76. The fourth-order valence-corrected chi connectivity index (χ4v) is 10.4. The molecular weight excluding hydrogens is 899 g/mol. The fourth-order valence-electron chi connectivity index (χ4n) is 10.4. The second-order valence-electron chi connectivity index (χ2n) is 22.8. The molecule has 3 N–H and O–H groups in total. The number of aliphatic hydroxyl groups excluding tert-OH is 2. The summed E-state index contributed by atoms with van der Waals surface area (Å²) in [5.74, 6) is -0.0462. The van der Waals surface area contributed by atoms with E-state index < -0.39 is 12.1 Å². The van der Waals surface area contributed by atoms with Gasteiger partial charge in [-0.25, -0.2) is 0 Å². The fraction of sp³-hybridized carbons (Fsp3) is 0.910. The van der Waals surface area contributed by atoms with Gasteiger partial charge in [-0.05, 0) is 57.8 Å². The van der Waals surface area contributed by atoms with E-state index in [0.717, 1.165) is 38.5 Å². The maximum atomic E-state index is 12.4. The third-order valence-electron chi connectivity index (χ3n) is 15.5. The zero-order valence-corrected chi connectivity index (χ0v) is 49.4. The van der Waals surface area contributed by atoms with E-state index in [2.05, 4.69) is 31.3 Å². The van der Waals surface area contributed by atoms with Gasteiger partial charge >= 0.3 is 5.97 Å². The molecule has 2 unspecified atom stereocenters. The molecule has 6 nitrogen and oxygen atoms in total. The minimum atomic E-state index is -0.840. The number of ether oxygens (including phenoxy) is 1. The highest BCUT2D eigenvalue weighted by atomic mass is 16.5. The van der Waals surface area contributed by atoms with Gasteiger partial charge in [0.1, 0.15) is 0 Å². The first-order valence-corrected chi connectivity index (χ1v) is 33.1. The molecule has 0 rings (SSSR count). The summed E-state index contributed by atoms with van der Waals surface area (Å²) in [6.07, 6.45) is 78.3. The topological polar surface area (TPSA) is 95.9 Å². The predicted octanol–water partition coefficient (Wildman–Crippen LogP) is 21.0. The Morgan fingerprint density at radius 3 is 0.973 bits per heavy atom. The number of carbonyl (C=O) groups excluding carboxylic acids is 2.